The zero-order valence-electron chi connectivity index (χ0n) is 53.6. The fourth-order valence-electron chi connectivity index (χ4n) is 13.3. The predicted octanol–water partition coefficient (Wildman–Crippen LogP) is 8.43. The van der Waals surface area contributed by atoms with Crippen molar-refractivity contribution in [1.82, 2.24) is 73.2 Å². The summed E-state index contributed by atoms with van der Waals surface area (Å²) >= 11 is 18.6. The molecule has 0 bridgehead atoms. The maximum Gasteiger partial charge on any atom is 0.280 e. The van der Waals surface area contributed by atoms with Crippen LogP contribution in [-0.2, 0) is 53.4 Å². The summed E-state index contributed by atoms with van der Waals surface area (Å²) in [6.07, 6.45) is 5.15. The molecule has 4 fully saturated rings. The summed E-state index contributed by atoms with van der Waals surface area (Å²) in [5.74, 6) is -0.00221. The highest BCUT2D eigenvalue weighted by atomic mass is 35.5. The third-order valence-corrected chi connectivity index (χ3v) is 19.4. The van der Waals surface area contributed by atoms with E-state index >= 15 is 13.2 Å². The summed E-state index contributed by atoms with van der Waals surface area (Å²) in [6, 6.07) is 12.8. The number of morpholine rings is 3. The smallest absolute Gasteiger partial charge is 0.280 e. The molecule has 24 nitrogen and oxygen atoms in total. The van der Waals surface area contributed by atoms with E-state index in [2.05, 4.69) is 15.0 Å². The van der Waals surface area contributed by atoms with Crippen LogP contribution in [0.15, 0.2) is 81.4 Å². The lowest BCUT2D eigenvalue weighted by molar-refractivity contribution is -0.0913. The van der Waals surface area contributed by atoms with Gasteiger partial charge in [0, 0.05) is 116 Å². The van der Waals surface area contributed by atoms with Gasteiger partial charge in [0.2, 0.25) is 17.8 Å². The monoisotopic (exact) mass is 1370 g/mol. The van der Waals surface area contributed by atoms with Gasteiger partial charge in [-0.15, -0.1) is 0 Å². The quantitative estimate of drug-likeness (QED) is 0.105. The Morgan fingerprint density at radius 2 is 0.990 bits per heavy atom. The van der Waals surface area contributed by atoms with Crippen LogP contribution < -0.4 is 31.4 Å². The molecule has 30 heteroatoms. The number of piperidine rings is 1. The van der Waals surface area contributed by atoms with Gasteiger partial charge in [-0.3, -0.25) is 32.8 Å². The Hall–Kier alpha value is -8.57. The van der Waals surface area contributed by atoms with Gasteiger partial charge in [0.15, 0.2) is 16.6 Å². The number of benzene rings is 3. The lowest BCUT2D eigenvalue weighted by Crippen LogP contribution is -2.57. The molecule has 0 saturated carbocycles. The Morgan fingerprint density at radius 1 is 0.510 bits per heavy atom. The Kier molecular flexibility index (Phi) is 17.0. The van der Waals surface area contributed by atoms with Gasteiger partial charge in [0.05, 0.1) is 56.9 Å². The van der Waals surface area contributed by atoms with Gasteiger partial charge in [-0.25, -0.2) is 58.0 Å². The maximum atomic E-state index is 16.1. The summed E-state index contributed by atoms with van der Waals surface area (Å²) in [4.78, 5) is 94.7. The molecule has 4 aliphatic rings. The first-order valence-corrected chi connectivity index (χ1v) is 32.6. The minimum absolute atomic E-state index is 0.00780. The maximum absolute atomic E-state index is 16.1. The van der Waals surface area contributed by atoms with E-state index in [9.17, 15) is 14.4 Å². The van der Waals surface area contributed by atoms with E-state index in [0.29, 0.717) is 108 Å². The third kappa shape index (κ3) is 12.2. The van der Waals surface area contributed by atoms with Crippen molar-refractivity contribution in [2.24, 2.45) is 14.1 Å². The lowest BCUT2D eigenvalue weighted by atomic mass is 9.89. The standard InChI is InChI=1S/C66H66Cl3F3N18O6/c1-36-74-52-49(42-11-8-39(67)28-45(42)70)77-62(80-55(52)58(91)83(36)6)87-23-26-95-65(5,34-87)38-31-73-89(32-38)20-21-90-37(2)75-53-50(43-12-9-40(68)29-46(43)71)78-63(82-57(53)60(90)93)88-24-27-96-66(35-88)15-18-85(19-16-66)17-14-48-76-54-51(44-13-10-41(69)30-47(44)72)79-61(81-56(54)59(92)84(48)7)86-22-25-94-64(3,4)33-86/h8-13,28-32H,14-27,33-35H2,1-7H3. The Balaban J connectivity index is 0.696. The molecule has 3 aromatic carbocycles. The van der Waals surface area contributed by atoms with Crippen LogP contribution in [0.1, 0.15) is 56.6 Å². The number of likely N-dealkylation sites (tertiary alicyclic amines) is 1. The summed E-state index contributed by atoms with van der Waals surface area (Å²) in [5, 5.41) is 5.29. The molecule has 10 aromatic rings. The predicted molar refractivity (Wildman–Crippen MR) is 358 cm³/mol. The van der Waals surface area contributed by atoms with Crippen molar-refractivity contribution < 1.29 is 27.4 Å². The number of anilines is 3. The first kappa shape index (κ1) is 64.8. The van der Waals surface area contributed by atoms with Gasteiger partial charge in [0.1, 0.15) is 74.2 Å². The third-order valence-electron chi connectivity index (χ3n) is 18.7. The fraction of sp³-hybridized carbons (Fsp3) is 0.409. The summed E-state index contributed by atoms with van der Waals surface area (Å²) in [7, 11) is 3.26. The van der Waals surface area contributed by atoms with E-state index in [4.69, 9.17) is 88.9 Å². The molecule has 96 heavy (non-hydrogen) atoms. The van der Waals surface area contributed by atoms with Crippen molar-refractivity contribution in [2.45, 2.75) is 83.8 Å². The first-order valence-electron chi connectivity index (χ1n) is 31.5. The molecular formula is C66H66Cl3F3N18O6. The van der Waals surface area contributed by atoms with Gasteiger partial charge in [-0.05, 0) is 102 Å². The topological polar surface area (TPSA) is 240 Å². The van der Waals surface area contributed by atoms with E-state index < -0.39 is 45.4 Å². The Morgan fingerprint density at radius 3 is 1.53 bits per heavy atom. The van der Waals surface area contributed by atoms with E-state index in [1.165, 1.54) is 50.1 Å². The van der Waals surface area contributed by atoms with Gasteiger partial charge >= 0.3 is 0 Å². The van der Waals surface area contributed by atoms with E-state index in [1.807, 2.05) is 41.7 Å². The van der Waals surface area contributed by atoms with E-state index in [0.717, 1.165) is 0 Å². The van der Waals surface area contributed by atoms with Crippen LogP contribution in [0, 0.1) is 31.3 Å². The minimum Gasteiger partial charge on any atom is -0.372 e. The van der Waals surface area contributed by atoms with Gasteiger partial charge in [0.25, 0.3) is 16.7 Å². The van der Waals surface area contributed by atoms with Crippen molar-refractivity contribution in [2.75, 3.05) is 93.4 Å². The van der Waals surface area contributed by atoms with Crippen molar-refractivity contribution >= 4 is 85.7 Å². The molecule has 0 aliphatic carbocycles. The number of ether oxygens (including phenoxy) is 3. The number of halogens is 6. The fourth-order valence-corrected chi connectivity index (χ4v) is 13.7. The van der Waals surface area contributed by atoms with Gasteiger partial charge in [-0.2, -0.15) is 5.10 Å². The Bertz CT molecular complexity index is 4990. The molecule has 4 aliphatic heterocycles. The van der Waals surface area contributed by atoms with Crippen molar-refractivity contribution in [3.05, 3.63) is 154 Å². The average Bonchev–Trinajstić information content (AvgIpc) is 0.838. The highest BCUT2D eigenvalue weighted by Crippen LogP contribution is 2.38. The van der Waals surface area contributed by atoms with E-state index in [-0.39, 0.29) is 132 Å². The van der Waals surface area contributed by atoms with Crippen LogP contribution in [0.2, 0.25) is 15.1 Å². The first-order chi connectivity index (χ1) is 45.9. The van der Waals surface area contributed by atoms with Crippen LogP contribution in [-0.4, -0.2) is 163 Å². The summed E-state index contributed by atoms with van der Waals surface area (Å²) < 4.78 is 72.6. The lowest BCUT2D eigenvalue weighted by Gasteiger charge is -2.47. The molecule has 0 radical (unpaired) electrons. The highest BCUT2D eigenvalue weighted by molar-refractivity contribution is 6.31. The molecule has 14 rings (SSSR count). The number of nitrogens with zero attached hydrogens (tertiary/aromatic N) is 18. The van der Waals surface area contributed by atoms with Gasteiger partial charge < -0.3 is 33.8 Å². The van der Waals surface area contributed by atoms with Gasteiger partial charge in [-0.1, -0.05) is 34.8 Å². The molecule has 0 N–H and O–H groups in total. The summed E-state index contributed by atoms with van der Waals surface area (Å²) in [5.41, 5.74) is -1.29. The molecule has 1 atom stereocenters. The van der Waals surface area contributed by atoms with Crippen molar-refractivity contribution in [1.29, 1.82) is 0 Å². The molecule has 1 unspecified atom stereocenters. The van der Waals surface area contributed by atoms with Crippen LogP contribution in [0.25, 0.3) is 66.9 Å². The number of fused-ring (bicyclic) bond motifs is 3. The van der Waals surface area contributed by atoms with Crippen LogP contribution in [0.5, 0.6) is 0 Å². The Labute approximate surface area is 562 Å². The average molecular weight is 1370 g/mol. The highest BCUT2D eigenvalue weighted by Gasteiger charge is 2.42. The molecule has 7 aromatic heterocycles. The van der Waals surface area contributed by atoms with Crippen LogP contribution in [0.3, 0.4) is 0 Å². The van der Waals surface area contributed by atoms with E-state index in [1.54, 1.807) is 57.0 Å². The SMILES string of the molecule is Cc1nc2c(-c3ccc(Cl)cc3F)nc(N3CCOC(C)(c4cnn(CCn5c(C)nc6c(-c7ccc(Cl)cc7F)nc(N7CCOC8(CCN(CCc9nc%10c(-c%11ccc(Cl)cc%11F)nc(N%11CCOC(C)(C)C%11)nc%10c(=O)n9C)CC8)C7)nc6c5=O)c4)C3)nc2c(=O)n1C. The van der Waals surface area contributed by atoms with Crippen LogP contribution in [0.4, 0.5) is 31.0 Å². The second-order valence-corrected chi connectivity index (χ2v) is 27.0. The minimum atomic E-state index is -0.970. The molecular weight excluding hydrogens is 1300 g/mol. The molecule has 4 saturated heterocycles. The van der Waals surface area contributed by atoms with Crippen molar-refractivity contribution in [3.8, 4) is 33.8 Å². The normalized spacial score (nSPS) is 18.4. The number of rotatable bonds is 13. The second-order valence-electron chi connectivity index (χ2n) is 25.7. The number of hydrogen-bond acceptors (Lipinski definition) is 20. The van der Waals surface area contributed by atoms with Crippen molar-refractivity contribution in [3.63, 3.8) is 0 Å². The molecule has 0 amide bonds. The number of hydrogen-bond donors (Lipinski definition) is 0. The zero-order chi connectivity index (χ0) is 67.3. The number of aryl methyl sites for hydroxylation is 3. The molecule has 1 spiro atoms. The largest absolute Gasteiger partial charge is 0.372 e. The second kappa shape index (κ2) is 25.1. The summed E-state index contributed by atoms with van der Waals surface area (Å²) in [6.45, 7) is 14.6. The zero-order valence-corrected chi connectivity index (χ0v) is 55.9. The molecule has 11 heterocycles. The number of aromatic nitrogens is 14. The molecule has 498 valence electrons. The van der Waals surface area contributed by atoms with Crippen LogP contribution >= 0.6 is 34.8 Å².